The second kappa shape index (κ2) is 7.05. The van der Waals surface area contributed by atoms with Crippen molar-refractivity contribution < 1.29 is 14.5 Å². The van der Waals surface area contributed by atoms with E-state index in [1.165, 1.54) is 18.3 Å². The summed E-state index contributed by atoms with van der Waals surface area (Å²) >= 11 is 0. The SMILES string of the molecule is O=C(c1cccc(Nc2ncccc2[N+](=O)[O-])c1)N1CCOCC1. The highest BCUT2D eigenvalue weighted by Gasteiger charge is 2.19. The van der Waals surface area contributed by atoms with E-state index in [2.05, 4.69) is 10.3 Å². The Balaban J connectivity index is 1.81. The van der Waals surface area contributed by atoms with E-state index in [1.807, 2.05) is 0 Å². The predicted octanol–water partition coefficient (Wildman–Crippen LogP) is 2.21. The molecule has 0 aliphatic carbocycles. The zero-order valence-corrected chi connectivity index (χ0v) is 12.8. The first kappa shape index (κ1) is 15.9. The van der Waals surface area contributed by atoms with Crippen molar-refractivity contribution in [3.8, 4) is 0 Å². The first-order chi connectivity index (χ1) is 11.6. The van der Waals surface area contributed by atoms with E-state index < -0.39 is 4.92 Å². The minimum absolute atomic E-state index is 0.0857. The zero-order valence-electron chi connectivity index (χ0n) is 12.8. The van der Waals surface area contributed by atoms with Crippen molar-refractivity contribution in [2.75, 3.05) is 31.6 Å². The van der Waals surface area contributed by atoms with Gasteiger partial charge in [-0.25, -0.2) is 4.98 Å². The molecule has 1 aromatic carbocycles. The lowest BCUT2D eigenvalue weighted by Crippen LogP contribution is -2.40. The van der Waals surface area contributed by atoms with E-state index in [1.54, 1.807) is 29.2 Å². The van der Waals surface area contributed by atoms with E-state index in [9.17, 15) is 14.9 Å². The molecule has 1 aliphatic rings. The van der Waals surface area contributed by atoms with Crippen molar-refractivity contribution in [3.05, 3.63) is 58.3 Å². The standard InChI is InChI=1S/C16H16N4O4/c21-16(19-7-9-24-10-8-19)12-3-1-4-13(11-12)18-15-14(20(22)23)5-2-6-17-15/h1-6,11H,7-10H2,(H,17,18). The minimum atomic E-state index is -0.502. The van der Waals surface area contributed by atoms with Crippen LogP contribution in [0.5, 0.6) is 0 Å². The Bertz CT molecular complexity index is 759. The molecule has 2 aromatic rings. The topological polar surface area (TPSA) is 97.6 Å². The summed E-state index contributed by atoms with van der Waals surface area (Å²) in [6.45, 7) is 2.18. The van der Waals surface area contributed by atoms with E-state index >= 15 is 0 Å². The van der Waals surface area contributed by atoms with E-state index in [0.29, 0.717) is 37.6 Å². The lowest BCUT2D eigenvalue weighted by atomic mass is 10.1. The van der Waals surface area contributed by atoms with Gasteiger partial charge in [-0.05, 0) is 24.3 Å². The maximum atomic E-state index is 12.5. The Morgan fingerprint density at radius 3 is 2.79 bits per heavy atom. The van der Waals surface area contributed by atoms with Crippen molar-refractivity contribution in [1.82, 2.24) is 9.88 Å². The van der Waals surface area contributed by atoms with Crippen molar-refractivity contribution >= 4 is 23.1 Å². The number of nitro groups is 1. The second-order valence-electron chi connectivity index (χ2n) is 5.24. The Morgan fingerprint density at radius 2 is 2.04 bits per heavy atom. The maximum absolute atomic E-state index is 12.5. The largest absolute Gasteiger partial charge is 0.378 e. The van der Waals surface area contributed by atoms with Gasteiger partial charge in [-0.1, -0.05) is 6.07 Å². The van der Waals surface area contributed by atoms with Gasteiger partial charge in [-0.2, -0.15) is 0 Å². The number of nitrogens with one attached hydrogen (secondary N) is 1. The number of pyridine rings is 1. The van der Waals surface area contributed by atoms with Gasteiger partial charge in [0.2, 0.25) is 5.82 Å². The summed E-state index contributed by atoms with van der Waals surface area (Å²) in [5, 5.41) is 14.0. The van der Waals surface area contributed by atoms with Crippen LogP contribution in [0, 0.1) is 10.1 Å². The third-order valence-corrected chi connectivity index (χ3v) is 3.65. The van der Waals surface area contributed by atoms with Gasteiger partial charge in [-0.15, -0.1) is 0 Å². The summed E-state index contributed by atoms with van der Waals surface area (Å²) in [5.74, 6) is 0.0518. The highest BCUT2D eigenvalue weighted by atomic mass is 16.6. The maximum Gasteiger partial charge on any atom is 0.311 e. The third-order valence-electron chi connectivity index (χ3n) is 3.65. The molecule has 0 unspecified atom stereocenters. The number of carbonyl (C=O) groups excluding carboxylic acids is 1. The fourth-order valence-corrected chi connectivity index (χ4v) is 2.46. The van der Waals surface area contributed by atoms with Crippen LogP contribution < -0.4 is 5.32 Å². The number of carbonyl (C=O) groups is 1. The summed E-state index contributed by atoms with van der Waals surface area (Å²) < 4.78 is 5.25. The van der Waals surface area contributed by atoms with Gasteiger partial charge in [0.05, 0.1) is 18.1 Å². The molecule has 3 rings (SSSR count). The fourth-order valence-electron chi connectivity index (χ4n) is 2.46. The zero-order chi connectivity index (χ0) is 16.9. The Morgan fingerprint density at radius 1 is 1.25 bits per heavy atom. The summed E-state index contributed by atoms with van der Waals surface area (Å²) in [4.78, 5) is 28.8. The molecular formula is C16H16N4O4. The number of benzene rings is 1. The molecule has 2 heterocycles. The third kappa shape index (κ3) is 3.49. The average molecular weight is 328 g/mol. The highest BCUT2D eigenvalue weighted by Crippen LogP contribution is 2.25. The van der Waals surface area contributed by atoms with Gasteiger partial charge in [0.15, 0.2) is 0 Å². The summed E-state index contributed by atoms with van der Waals surface area (Å²) in [6, 6.07) is 9.71. The van der Waals surface area contributed by atoms with Gasteiger partial charge >= 0.3 is 5.69 Å². The Kier molecular flexibility index (Phi) is 4.66. The van der Waals surface area contributed by atoms with Crippen LogP contribution >= 0.6 is 0 Å². The van der Waals surface area contributed by atoms with Gasteiger partial charge < -0.3 is 15.0 Å². The molecule has 24 heavy (non-hydrogen) atoms. The van der Waals surface area contributed by atoms with Crippen LogP contribution in [0.25, 0.3) is 0 Å². The van der Waals surface area contributed by atoms with Gasteiger partial charge in [0.25, 0.3) is 5.91 Å². The molecule has 1 N–H and O–H groups in total. The van der Waals surface area contributed by atoms with Gasteiger partial charge in [0, 0.05) is 36.6 Å². The second-order valence-corrected chi connectivity index (χ2v) is 5.24. The Hall–Kier alpha value is -3.00. The Labute approximate surface area is 138 Å². The summed E-state index contributed by atoms with van der Waals surface area (Å²) in [6.07, 6.45) is 1.47. The van der Waals surface area contributed by atoms with Gasteiger partial charge in [0.1, 0.15) is 0 Å². The molecule has 0 bridgehead atoms. The molecule has 0 saturated carbocycles. The lowest BCUT2D eigenvalue weighted by molar-refractivity contribution is -0.384. The molecule has 8 heteroatoms. The smallest absolute Gasteiger partial charge is 0.311 e. The van der Waals surface area contributed by atoms with Crippen LogP contribution in [0.2, 0.25) is 0 Å². The molecule has 124 valence electrons. The monoisotopic (exact) mass is 328 g/mol. The number of hydrogen-bond donors (Lipinski definition) is 1. The highest BCUT2D eigenvalue weighted by molar-refractivity contribution is 5.95. The first-order valence-electron chi connectivity index (χ1n) is 7.48. The van der Waals surface area contributed by atoms with Crippen LogP contribution in [0.3, 0.4) is 0 Å². The van der Waals surface area contributed by atoms with Crippen LogP contribution in [0.15, 0.2) is 42.6 Å². The normalized spacial score (nSPS) is 14.2. The number of nitrogens with zero attached hydrogens (tertiary/aromatic N) is 3. The molecule has 1 fully saturated rings. The molecule has 1 aromatic heterocycles. The van der Waals surface area contributed by atoms with Crippen LogP contribution in [0.1, 0.15) is 10.4 Å². The molecular weight excluding hydrogens is 312 g/mol. The van der Waals surface area contributed by atoms with Crippen molar-refractivity contribution in [1.29, 1.82) is 0 Å². The van der Waals surface area contributed by atoms with Crippen molar-refractivity contribution in [2.45, 2.75) is 0 Å². The lowest BCUT2D eigenvalue weighted by Gasteiger charge is -2.27. The molecule has 0 radical (unpaired) electrons. The molecule has 0 atom stereocenters. The molecule has 1 saturated heterocycles. The number of amides is 1. The number of morpholine rings is 1. The predicted molar refractivity (Wildman–Crippen MR) is 87.3 cm³/mol. The van der Waals surface area contributed by atoms with Crippen molar-refractivity contribution in [3.63, 3.8) is 0 Å². The van der Waals surface area contributed by atoms with Gasteiger partial charge in [-0.3, -0.25) is 14.9 Å². The summed E-state index contributed by atoms with van der Waals surface area (Å²) in [5.41, 5.74) is 0.957. The van der Waals surface area contributed by atoms with Crippen molar-refractivity contribution in [2.24, 2.45) is 0 Å². The van der Waals surface area contributed by atoms with E-state index in [0.717, 1.165) is 0 Å². The number of rotatable bonds is 4. The molecule has 8 nitrogen and oxygen atoms in total. The first-order valence-corrected chi connectivity index (χ1v) is 7.48. The fraction of sp³-hybridized carbons (Fsp3) is 0.250. The average Bonchev–Trinajstić information content (AvgIpc) is 2.62. The number of hydrogen-bond acceptors (Lipinski definition) is 6. The van der Waals surface area contributed by atoms with E-state index in [-0.39, 0.29) is 17.4 Å². The van der Waals surface area contributed by atoms with Crippen LogP contribution in [-0.4, -0.2) is 47.0 Å². The minimum Gasteiger partial charge on any atom is -0.378 e. The number of ether oxygens (including phenoxy) is 1. The molecule has 0 spiro atoms. The van der Waals surface area contributed by atoms with Crippen LogP contribution in [0.4, 0.5) is 17.2 Å². The van der Waals surface area contributed by atoms with E-state index in [4.69, 9.17) is 4.74 Å². The number of aromatic nitrogens is 1. The van der Waals surface area contributed by atoms with Crippen LogP contribution in [-0.2, 0) is 4.74 Å². The quantitative estimate of drug-likeness (QED) is 0.682. The molecule has 1 aliphatic heterocycles. The molecule has 1 amide bonds. The number of anilines is 2. The summed E-state index contributed by atoms with van der Waals surface area (Å²) in [7, 11) is 0.